The number of carbonyl (C=O) groups is 1. The molecular formula is C21H24ClN3O5S. The highest BCUT2D eigenvalue weighted by Crippen LogP contribution is 2.36. The summed E-state index contributed by atoms with van der Waals surface area (Å²) in [6, 6.07) is 8.98. The van der Waals surface area contributed by atoms with Gasteiger partial charge in [0.05, 0.1) is 23.6 Å². The monoisotopic (exact) mass is 465 g/mol. The van der Waals surface area contributed by atoms with Crippen molar-refractivity contribution in [1.29, 1.82) is 0 Å². The first-order valence-corrected chi connectivity index (χ1v) is 11.7. The number of hydrogen-bond donors (Lipinski definition) is 2. The molecule has 0 radical (unpaired) electrons. The zero-order valence-electron chi connectivity index (χ0n) is 17.3. The molecule has 166 valence electrons. The highest BCUT2D eigenvalue weighted by Gasteiger charge is 2.20. The summed E-state index contributed by atoms with van der Waals surface area (Å²) in [7, 11) is -2.33. The molecule has 0 atom stereocenters. The van der Waals surface area contributed by atoms with Gasteiger partial charge in [-0.2, -0.15) is 0 Å². The second-order valence-corrected chi connectivity index (χ2v) is 8.95. The maximum absolute atomic E-state index is 12.7. The summed E-state index contributed by atoms with van der Waals surface area (Å²) in [6.07, 6.45) is 2.21. The molecular weight excluding hydrogens is 442 g/mol. The molecule has 3 rings (SSSR count). The van der Waals surface area contributed by atoms with Crippen LogP contribution in [0.1, 0.15) is 36.5 Å². The van der Waals surface area contributed by atoms with Crippen molar-refractivity contribution >= 4 is 39.1 Å². The summed E-state index contributed by atoms with van der Waals surface area (Å²) < 4.78 is 38.6. The van der Waals surface area contributed by atoms with Gasteiger partial charge >= 0.3 is 0 Å². The fraction of sp³-hybridized carbons (Fsp3) is 0.333. The molecule has 10 heteroatoms. The fourth-order valence-electron chi connectivity index (χ4n) is 2.98. The molecule has 0 unspecified atom stereocenters. The lowest BCUT2D eigenvalue weighted by Gasteiger charge is -2.14. The number of ether oxygens (including phenoxy) is 2. The van der Waals surface area contributed by atoms with Gasteiger partial charge < -0.3 is 14.8 Å². The van der Waals surface area contributed by atoms with Crippen LogP contribution in [0, 0.1) is 0 Å². The summed E-state index contributed by atoms with van der Waals surface area (Å²) in [5, 5.41) is 2.94. The minimum absolute atomic E-state index is 0.0267. The molecule has 1 heterocycles. The van der Waals surface area contributed by atoms with Crippen LogP contribution in [-0.4, -0.2) is 40.4 Å². The first-order valence-electron chi connectivity index (χ1n) is 9.82. The average Bonchev–Trinajstić information content (AvgIpc) is 3.24. The molecule has 31 heavy (non-hydrogen) atoms. The van der Waals surface area contributed by atoms with Crippen LogP contribution in [-0.2, 0) is 10.0 Å². The number of halogens is 1. The van der Waals surface area contributed by atoms with Gasteiger partial charge in [0.15, 0.2) is 11.5 Å². The highest BCUT2D eigenvalue weighted by molar-refractivity contribution is 7.90. The lowest BCUT2D eigenvalue weighted by Crippen LogP contribution is -2.29. The molecule has 8 nitrogen and oxygen atoms in total. The Morgan fingerprint density at radius 3 is 2.74 bits per heavy atom. The van der Waals surface area contributed by atoms with Crippen molar-refractivity contribution in [3.05, 3.63) is 47.0 Å². The predicted molar refractivity (Wildman–Crippen MR) is 120 cm³/mol. The number of rotatable bonds is 8. The average molecular weight is 466 g/mol. The summed E-state index contributed by atoms with van der Waals surface area (Å²) in [4.78, 5) is 16.9. The molecule has 0 aliphatic carbocycles. The van der Waals surface area contributed by atoms with Crippen LogP contribution in [0.2, 0.25) is 5.02 Å². The number of aliphatic imine (C=N–C) groups is 1. The first-order chi connectivity index (χ1) is 14.8. The van der Waals surface area contributed by atoms with Gasteiger partial charge in [0.2, 0.25) is 0 Å². The molecule has 0 spiro atoms. The number of methoxy groups -OCH3 is 1. The molecule has 0 aromatic heterocycles. The van der Waals surface area contributed by atoms with E-state index in [4.69, 9.17) is 21.1 Å². The van der Waals surface area contributed by atoms with E-state index in [1.807, 2.05) is 6.92 Å². The van der Waals surface area contributed by atoms with E-state index in [-0.39, 0.29) is 15.5 Å². The van der Waals surface area contributed by atoms with Gasteiger partial charge in [-0.05, 0) is 43.2 Å². The van der Waals surface area contributed by atoms with E-state index in [2.05, 4.69) is 15.0 Å². The van der Waals surface area contributed by atoms with E-state index in [0.717, 1.165) is 12.8 Å². The third-order valence-electron chi connectivity index (χ3n) is 4.47. The molecule has 0 bridgehead atoms. The number of benzene rings is 2. The smallest absolute Gasteiger partial charge is 0.262 e. The predicted octanol–water partition coefficient (Wildman–Crippen LogP) is 3.86. The topological polar surface area (TPSA) is 106 Å². The Labute approximate surface area is 186 Å². The zero-order chi connectivity index (χ0) is 22.4. The molecule has 1 amide bonds. The number of amides is 1. The molecule has 2 aromatic carbocycles. The summed E-state index contributed by atoms with van der Waals surface area (Å²) in [6.45, 7) is 3.04. The van der Waals surface area contributed by atoms with E-state index in [9.17, 15) is 13.2 Å². The Bertz CT molecular complexity index is 1100. The number of anilines is 1. The number of hydrogen-bond acceptors (Lipinski definition) is 6. The maximum Gasteiger partial charge on any atom is 0.262 e. The number of carbonyl (C=O) groups excluding carboxylic acids is 1. The van der Waals surface area contributed by atoms with Gasteiger partial charge in [0, 0.05) is 24.2 Å². The minimum atomic E-state index is -3.79. The molecule has 0 saturated carbocycles. The molecule has 2 aromatic rings. The number of nitrogens with one attached hydrogen (secondary N) is 2. The van der Waals surface area contributed by atoms with Gasteiger partial charge in [-0.1, -0.05) is 24.6 Å². The van der Waals surface area contributed by atoms with Crippen molar-refractivity contribution in [3.63, 3.8) is 0 Å². The van der Waals surface area contributed by atoms with Crippen LogP contribution in [0.25, 0.3) is 0 Å². The fourth-order valence-corrected chi connectivity index (χ4v) is 4.38. The van der Waals surface area contributed by atoms with Crippen molar-refractivity contribution in [3.8, 4) is 11.5 Å². The van der Waals surface area contributed by atoms with E-state index >= 15 is 0 Å². The van der Waals surface area contributed by atoms with Crippen molar-refractivity contribution in [1.82, 2.24) is 4.72 Å². The Kier molecular flexibility index (Phi) is 7.40. The van der Waals surface area contributed by atoms with Gasteiger partial charge in [0.25, 0.3) is 15.9 Å². The largest absolute Gasteiger partial charge is 0.493 e. The second kappa shape index (κ2) is 10.0. The van der Waals surface area contributed by atoms with Crippen molar-refractivity contribution in [2.24, 2.45) is 4.99 Å². The van der Waals surface area contributed by atoms with Crippen LogP contribution in [0.4, 0.5) is 5.69 Å². The van der Waals surface area contributed by atoms with Crippen LogP contribution in [0.15, 0.2) is 46.3 Å². The lowest BCUT2D eigenvalue weighted by atomic mass is 10.1. The van der Waals surface area contributed by atoms with Crippen LogP contribution >= 0.6 is 11.6 Å². The molecule has 2 N–H and O–H groups in total. The quantitative estimate of drug-likeness (QED) is 0.615. The van der Waals surface area contributed by atoms with E-state index < -0.39 is 15.9 Å². The first kappa shape index (κ1) is 22.9. The SMILES string of the molecule is CCCOc1c(Cl)cc(C(=O)Nc2cccc(S(=O)(=O)NC3=NCCC3)c2)cc1OC. The Morgan fingerprint density at radius 2 is 2.06 bits per heavy atom. The Morgan fingerprint density at radius 1 is 1.26 bits per heavy atom. The summed E-state index contributed by atoms with van der Waals surface area (Å²) in [5.41, 5.74) is 0.569. The van der Waals surface area contributed by atoms with E-state index in [1.54, 1.807) is 12.1 Å². The zero-order valence-corrected chi connectivity index (χ0v) is 18.8. The van der Waals surface area contributed by atoms with Crippen molar-refractivity contribution in [2.45, 2.75) is 31.1 Å². The standard InChI is InChI=1S/C21H24ClN3O5S/c1-3-10-30-20-17(22)11-14(12-18(20)29-2)21(26)24-15-6-4-7-16(13-15)31(27,28)25-19-8-5-9-23-19/h4,6-7,11-13H,3,5,8-10H2,1-2H3,(H,23,25)(H,24,26). The van der Waals surface area contributed by atoms with Crippen LogP contribution in [0.5, 0.6) is 11.5 Å². The second-order valence-electron chi connectivity index (χ2n) is 6.86. The lowest BCUT2D eigenvalue weighted by molar-refractivity contribution is 0.102. The van der Waals surface area contributed by atoms with Crippen LogP contribution < -0.4 is 19.5 Å². The van der Waals surface area contributed by atoms with Gasteiger partial charge in [-0.3, -0.25) is 14.5 Å². The molecule has 1 aliphatic heterocycles. The van der Waals surface area contributed by atoms with Crippen LogP contribution in [0.3, 0.4) is 0 Å². The molecule has 0 saturated heterocycles. The minimum Gasteiger partial charge on any atom is -0.493 e. The van der Waals surface area contributed by atoms with E-state index in [0.29, 0.717) is 42.6 Å². The highest BCUT2D eigenvalue weighted by atomic mass is 35.5. The third kappa shape index (κ3) is 5.68. The number of sulfonamides is 1. The molecule has 0 fully saturated rings. The third-order valence-corrected chi connectivity index (χ3v) is 6.13. The van der Waals surface area contributed by atoms with E-state index in [1.165, 1.54) is 31.4 Å². The summed E-state index contributed by atoms with van der Waals surface area (Å²) >= 11 is 6.28. The Balaban J connectivity index is 1.79. The van der Waals surface area contributed by atoms with Gasteiger partial charge in [0.1, 0.15) is 5.84 Å². The van der Waals surface area contributed by atoms with Gasteiger partial charge in [-0.25, -0.2) is 8.42 Å². The molecule has 1 aliphatic rings. The number of amidine groups is 1. The number of nitrogens with zero attached hydrogens (tertiary/aromatic N) is 1. The van der Waals surface area contributed by atoms with Gasteiger partial charge in [-0.15, -0.1) is 0 Å². The van der Waals surface area contributed by atoms with Crippen molar-refractivity contribution < 1.29 is 22.7 Å². The van der Waals surface area contributed by atoms with Crippen molar-refractivity contribution in [2.75, 3.05) is 25.6 Å². The maximum atomic E-state index is 12.7. The normalized spacial score (nSPS) is 13.5. The summed E-state index contributed by atoms with van der Waals surface area (Å²) in [5.74, 6) is 0.687. The Hall–Kier alpha value is -2.78.